The van der Waals surface area contributed by atoms with E-state index in [0.717, 1.165) is 31.5 Å². The molecule has 2 heterocycles. The first-order valence-electron chi connectivity index (χ1n) is 9.04. The number of hydrogen-bond donors (Lipinski definition) is 4. The molecule has 1 fully saturated rings. The van der Waals surface area contributed by atoms with Crippen molar-refractivity contribution in [2.24, 2.45) is 5.92 Å². The Balaban J connectivity index is 1.82. The number of pyridine rings is 1. The van der Waals surface area contributed by atoms with Gasteiger partial charge in [-0.3, -0.25) is 9.59 Å². The summed E-state index contributed by atoms with van der Waals surface area (Å²) in [5.41, 5.74) is -3.72. The normalized spacial score (nSPS) is 20.0. The predicted octanol–water partition coefficient (Wildman–Crippen LogP) is 2.03. The highest BCUT2D eigenvalue weighted by molar-refractivity contribution is 5.97. The van der Waals surface area contributed by atoms with E-state index in [0.29, 0.717) is 6.54 Å². The molecular formula is C19H22F3N3O3. The van der Waals surface area contributed by atoms with Gasteiger partial charge in [-0.05, 0) is 43.8 Å². The summed E-state index contributed by atoms with van der Waals surface area (Å²) in [5.74, 6) is -0.796. The third kappa shape index (κ3) is 4.20. The first-order chi connectivity index (χ1) is 13.1. The molecule has 1 aromatic heterocycles. The number of carbonyl (C=O) groups is 1. The molecule has 1 amide bonds. The Bertz CT molecular complexity index is 931. The van der Waals surface area contributed by atoms with Crippen LogP contribution in [0.2, 0.25) is 0 Å². The van der Waals surface area contributed by atoms with Crippen LogP contribution in [0.15, 0.2) is 29.1 Å². The van der Waals surface area contributed by atoms with Crippen LogP contribution < -0.4 is 16.2 Å². The molecule has 0 bridgehead atoms. The third-order valence-corrected chi connectivity index (χ3v) is 5.21. The quantitative estimate of drug-likeness (QED) is 0.635. The number of rotatable bonds is 4. The SMILES string of the molecule is CC(O)(CNC(=O)c1cc2cccc(C(F)(F)F)c2[nH]c1=O)C1CCCNC1. The van der Waals surface area contributed by atoms with Crippen molar-refractivity contribution in [1.29, 1.82) is 0 Å². The third-order valence-electron chi connectivity index (χ3n) is 5.21. The van der Waals surface area contributed by atoms with Gasteiger partial charge in [0.25, 0.3) is 11.5 Å². The van der Waals surface area contributed by atoms with Gasteiger partial charge in [-0.2, -0.15) is 13.2 Å². The fourth-order valence-electron chi connectivity index (χ4n) is 3.52. The summed E-state index contributed by atoms with van der Waals surface area (Å²) in [7, 11) is 0. The van der Waals surface area contributed by atoms with Crippen LogP contribution in [-0.4, -0.2) is 41.2 Å². The molecule has 4 N–H and O–H groups in total. The molecule has 2 unspecified atom stereocenters. The number of benzene rings is 1. The maximum absolute atomic E-state index is 13.1. The van der Waals surface area contributed by atoms with E-state index in [-0.39, 0.29) is 28.9 Å². The van der Waals surface area contributed by atoms with Gasteiger partial charge in [0, 0.05) is 19.0 Å². The highest BCUT2D eigenvalue weighted by Crippen LogP contribution is 2.33. The van der Waals surface area contributed by atoms with Gasteiger partial charge in [0.15, 0.2) is 0 Å². The lowest BCUT2D eigenvalue weighted by molar-refractivity contribution is -0.136. The standard InChI is InChI=1S/C19H22F3N3O3/c1-18(28,12-5-3-7-23-9-12)10-24-16(26)13-8-11-4-2-6-14(19(20,21)22)15(11)25-17(13)27/h2,4,6,8,12,23,28H,3,5,7,9-10H2,1H3,(H,24,26)(H,25,27). The van der Waals surface area contributed by atoms with Crippen LogP contribution in [0.1, 0.15) is 35.7 Å². The zero-order valence-electron chi connectivity index (χ0n) is 15.3. The number of alkyl halides is 3. The number of aromatic amines is 1. The van der Waals surface area contributed by atoms with Crippen molar-refractivity contribution in [3.05, 3.63) is 45.7 Å². The van der Waals surface area contributed by atoms with Crippen LogP contribution in [0.3, 0.4) is 0 Å². The summed E-state index contributed by atoms with van der Waals surface area (Å²) < 4.78 is 39.3. The number of hydrogen-bond acceptors (Lipinski definition) is 4. The first kappa shape index (κ1) is 20.3. The number of fused-ring (bicyclic) bond motifs is 1. The number of aliphatic hydroxyl groups is 1. The van der Waals surface area contributed by atoms with Crippen molar-refractivity contribution in [3.63, 3.8) is 0 Å². The molecule has 1 saturated heterocycles. The van der Waals surface area contributed by atoms with E-state index < -0.39 is 28.8 Å². The summed E-state index contributed by atoms with van der Waals surface area (Å²) in [6, 6.07) is 4.61. The largest absolute Gasteiger partial charge is 0.418 e. The van der Waals surface area contributed by atoms with Crippen LogP contribution >= 0.6 is 0 Å². The molecule has 0 spiro atoms. The molecule has 2 atom stereocenters. The minimum Gasteiger partial charge on any atom is -0.388 e. The minimum absolute atomic E-state index is 0.0502. The Morgan fingerprint density at radius 3 is 2.75 bits per heavy atom. The molecule has 9 heteroatoms. The fourth-order valence-corrected chi connectivity index (χ4v) is 3.52. The molecule has 0 saturated carbocycles. The Labute approximate surface area is 159 Å². The number of carbonyl (C=O) groups excluding carboxylic acids is 1. The molecular weight excluding hydrogens is 375 g/mol. The van der Waals surface area contributed by atoms with Crippen molar-refractivity contribution in [1.82, 2.24) is 15.6 Å². The fraction of sp³-hybridized carbons (Fsp3) is 0.474. The number of H-pyrrole nitrogens is 1. The van der Waals surface area contributed by atoms with Crippen molar-refractivity contribution < 1.29 is 23.1 Å². The predicted molar refractivity (Wildman–Crippen MR) is 98.1 cm³/mol. The first-order valence-corrected chi connectivity index (χ1v) is 9.04. The summed E-state index contributed by atoms with van der Waals surface area (Å²) in [4.78, 5) is 26.8. The average Bonchev–Trinajstić information content (AvgIpc) is 2.65. The molecule has 28 heavy (non-hydrogen) atoms. The van der Waals surface area contributed by atoms with Crippen LogP contribution in [0.25, 0.3) is 10.9 Å². The number of amides is 1. The van der Waals surface area contributed by atoms with Crippen LogP contribution in [0, 0.1) is 5.92 Å². The minimum atomic E-state index is -4.63. The second-order valence-electron chi connectivity index (χ2n) is 7.36. The summed E-state index contributed by atoms with van der Waals surface area (Å²) >= 11 is 0. The number of piperidine rings is 1. The summed E-state index contributed by atoms with van der Waals surface area (Å²) in [5, 5.41) is 16.5. The molecule has 1 aliphatic rings. The highest BCUT2D eigenvalue weighted by Gasteiger charge is 2.34. The second kappa shape index (κ2) is 7.56. The molecule has 1 aromatic carbocycles. The molecule has 6 nitrogen and oxygen atoms in total. The molecule has 2 aromatic rings. The maximum atomic E-state index is 13.1. The van der Waals surface area contributed by atoms with Gasteiger partial charge in [-0.15, -0.1) is 0 Å². The number of nitrogens with one attached hydrogen (secondary N) is 3. The molecule has 152 valence electrons. The molecule has 3 rings (SSSR count). The van der Waals surface area contributed by atoms with Gasteiger partial charge in [-0.1, -0.05) is 12.1 Å². The highest BCUT2D eigenvalue weighted by atomic mass is 19.4. The van der Waals surface area contributed by atoms with Gasteiger partial charge in [-0.25, -0.2) is 0 Å². The van der Waals surface area contributed by atoms with E-state index >= 15 is 0 Å². The Morgan fingerprint density at radius 2 is 2.11 bits per heavy atom. The average molecular weight is 397 g/mol. The van der Waals surface area contributed by atoms with E-state index in [1.54, 1.807) is 6.92 Å². The molecule has 0 radical (unpaired) electrons. The van der Waals surface area contributed by atoms with Crippen LogP contribution in [0.4, 0.5) is 13.2 Å². The Hall–Kier alpha value is -2.39. The summed E-state index contributed by atoms with van der Waals surface area (Å²) in [6.45, 7) is 3.05. The van der Waals surface area contributed by atoms with Gasteiger partial charge in [0.1, 0.15) is 5.56 Å². The van der Waals surface area contributed by atoms with E-state index in [1.165, 1.54) is 12.1 Å². The number of para-hydroxylation sites is 1. The number of halogens is 3. The lowest BCUT2D eigenvalue weighted by Crippen LogP contribution is -2.51. The van der Waals surface area contributed by atoms with E-state index in [1.807, 2.05) is 0 Å². The van der Waals surface area contributed by atoms with Crippen LogP contribution in [-0.2, 0) is 6.18 Å². The van der Waals surface area contributed by atoms with Gasteiger partial charge in [0.05, 0.1) is 16.7 Å². The lowest BCUT2D eigenvalue weighted by atomic mass is 9.83. The Morgan fingerprint density at radius 1 is 1.36 bits per heavy atom. The topological polar surface area (TPSA) is 94.2 Å². The van der Waals surface area contributed by atoms with E-state index in [9.17, 15) is 27.9 Å². The molecule has 1 aliphatic heterocycles. The zero-order valence-corrected chi connectivity index (χ0v) is 15.3. The van der Waals surface area contributed by atoms with Gasteiger partial charge >= 0.3 is 6.18 Å². The Kier molecular flexibility index (Phi) is 5.49. The van der Waals surface area contributed by atoms with Crippen molar-refractivity contribution >= 4 is 16.8 Å². The van der Waals surface area contributed by atoms with E-state index in [4.69, 9.17) is 0 Å². The summed E-state index contributed by atoms with van der Waals surface area (Å²) in [6.07, 6.45) is -2.90. The smallest absolute Gasteiger partial charge is 0.388 e. The number of aromatic nitrogens is 1. The lowest BCUT2D eigenvalue weighted by Gasteiger charge is -2.36. The monoisotopic (exact) mass is 397 g/mol. The second-order valence-corrected chi connectivity index (χ2v) is 7.36. The van der Waals surface area contributed by atoms with Gasteiger partial charge < -0.3 is 20.7 Å². The van der Waals surface area contributed by atoms with Crippen molar-refractivity contribution in [2.75, 3.05) is 19.6 Å². The van der Waals surface area contributed by atoms with Gasteiger partial charge in [0.2, 0.25) is 0 Å². The van der Waals surface area contributed by atoms with Crippen molar-refractivity contribution in [2.45, 2.75) is 31.5 Å². The van der Waals surface area contributed by atoms with E-state index in [2.05, 4.69) is 15.6 Å². The van der Waals surface area contributed by atoms with Crippen molar-refractivity contribution in [3.8, 4) is 0 Å². The maximum Gasteiger partial charge on any atom is 0.418 e. The van der Waals surface area contributed by atoms with Crippen LogP contribution in [0.5, 0.6) is 0 Å². The zero-order chi connectivity index (χ0) is 20.5. The molecule has 0 aliphatic carbocycles.